The molecule has 0 heterocycles. The third-order valence-corrected chi connectivity index (χ3v) is 4.07. The number of ether oxygens (including phenoxy) is 1. The lowest BCUT2D eigenvalue weighted by Crippen LogP contribution is -2.21. The topological polar surface area (TPSA) is 75.6 Å². The predicted molar refractivity (Wildman–Crippen MR) is 95.9 cm³/mol. The maximum Gasteiger partial charge on any atom is 0.335 e. The van der Waals surface area contributed by atoms with Crippen LogP contribution in [0.3, 0.4) is 0 Å². The molecule has 126 valence electrons. The monoisotopic (exact) mass is 391 g/mol. The van der Waals surface area contributed by atoms with Gasteiger partial charge in [0.15, 0.2) is 6.61 Å². The number of aromatic carboxylic acids is 1. The van der Waals surface area contributed by atoms with E-state index in [1.807, 2.05) is 26.0 Å². The molecule has 0 unspecified atom stereocenters. The van der Waals surface area contributed by atoms with Crippen LogP contribution in [0, 0.1) is 20.8 Å². The molecule has 2 N–H and O–H groups in total. The number of hydrogen-bond donors (Lipinski definition) is 2. The Morgan fingerprint density at radius 3 is 2.46 bits per heavy atom. The molecule has 1 amide bonds. The molecule has 6 heteroatoms. The Hall–Kier alpha value is -2.34. The minimum atomic E-state index is -1.04. The Morgan fingerprint density at radius 2 is 1.83 bits per heavy atom. The molecule has 5 nitrogen and oxygen atoms in total. The molecular formula is C18H18BrNO4. The van der Waals surface area contributed by atoms with Gasteiger partial charge < -0.3 is 15.2 Å². The molecule has 0 radical (unpaired) electrons. The van der Waals surface area contributed by atoms with E-state index in [9.17, 15) is 9.59 Å². The number of rotatable bonds is 5. The van der Waals surface area contributed by atoms with E-state index in [1.54, 1.807) is 13.0 Å². The quantitative estimate of drug-likeness (QED) is 0.804. The van der Waals surface area contributed by atoms with E-state index in [0.717, 1.165) is 21.2 Å². The largest absolute Gasteiger partial charge is 0.482 e. The maximum atomic E-state index is 12.1. The van der Waals surface area contributed by atoms with Gasteiger partial charge in [-0.3, -0.25) is 4.79 Å². The molecular weight excluding hydrogens is 374 g/mol. The average Bonchev–Trinajstić information content (AvgIpc) is 2.48. The number of carboxylic acids is 1. The molecule has 24 heavy (non-hydrogen) atoms. The van der Waals surface area contributed by atoms with Crippen molar-refractivity contribution in [1.29, 1.82) is 0 Å². The second-order valence-electron chi connectivity index (χ2n) is 5.56. The molecule has 0 aliphatic rings. The van der Waals surface area contributed by atoms with Crippen LogP contribution in [0.4, 0.5) is 5.69 Å². The number of carboxylic acid groups (broad SMARTS) is 1. The number of benzene rings is 2. The van der Waals surface area contributed by atoms with Crippen LogP contribution >= 0.6 is 15.9 Å². The van der Waals surface area contributed by atoms with Crippen molar-refractivity contribution in [2.45, 2.75) is 20.8 Å². The number of aryl methyl sites for hydroxylation is 3. The molecule has 0 atom stereocenters. The van der Waals surface area contributed by atoms with Crippen LogP contribution in [-0.2, 0) is 4.79 Å². The van der Waals surface area contributed by atoms with Gasteiger partial charge in [-0.1, -0.05) is 12.1 Å². The summed E-state index contributed by atoms with van der Waals surface area (Å²) >= 11 is 3.43. The summed E-state index contributed by atoms with van der Waals surface area (Å²) in [4.78, 5) is 23.1. The Balaban J connectivity index is 2.07. The lowest BCUT2D eigenvalue weighted by atomic mass is 10.1. The van der Waals surface area contributed by atoms with Crippen molar-refractivity contribution in [3.63, 3.8) is 0 Å². The molecule has 0 aromatic heterocycles. The van der Waals surface area contributed by atoms with Gasteiger partial charge in [0.25, 0.3) is 5.91 Å². The molecule has 2 aromatic rings. The van der Waals surface area contributed by atoms with Crippen LogP contribution in [0.2, 0.25) is 0 Å². The van der Waals surface area contributed by atoms with Crippen molar-refractivity contribution in [1.82, 2.24) is 0 Å². The van der Waals surface area contributed by atoms with Crippen LogP contribution in [0.25, 0.3) is 0 Å². The van der Waals surface area contributed by atoms with Gasteiger partial charge in [0.05, 0.1) is 10.0 Å². The summed E-state index contributed by atoms with van der Waals surface area (Å²) in [5.74, 6) is -0.778. The number of carbonyl (C=O) groups is 2. The number of hydrogen-bond acceptors (Lipinski definition) is 3. The van der Waals surface area contributed by atoms with E-state index < -0.39 is 5.97 Å². The Labute approximate surface area is 148 Å². The number of amides is 1. The number of nitrogens with one attached hydrogen (secondary N) is 1. The van der Waals surface area contributed by atoms with Crippen molar-refractivity contribution in [2.24, 2.45) is 0 Å². The summed E-state index contributed by atoms with van der Waals surface area (Å²) in [5.41, 5.74) is 3.38. The zero-order valence-corrected chi connectivity index (χ0v) is 15.2. The van der Waals surface area contributed by atoms with Crippen molar-refractivity contribution in [3.8, 4) is 5.75 Å². The Bertz CT molecular complexity index is 779. The molecule has 2 rings (SSSR count). The van der Waals surface area contributed by atoms with Crippen LogP contribution in [-0.4, -0.2) is 23.6 Å². The van der Waals surface area contributed by atoms with Gasteiger partial charge in [0.1, 0.15) is 5.75 Å². The lowest BCUT2D eigenvalue weighted by Gasteiger charge is -2.13. The lowest BCUT2D eigenvalue weighted by molar-refractivity contribution is -0.118. The summed E-state index contributed by atoms with van der Waals surface area (Å²) in [6, 6.07) is 8.47. The first-order valence-corrected chi connectivity index (χ1v) is 8.10. The minimum Gasteiger partial charge on any atom is -0.482 e. The van der Waals surface area contributed by atoms with E-state index in [4.69, 9.17) is 9.84 Å². The van der Waals surface area contributed by atoms with Gasteiger partial charge in [-0.15, -0.1) is 0 Å². The van der Waals surface area contributed by atoms with Crippen molar-refractivity contribution >= 4 is 33.5 Å². The summed E-state index contributed by atoms with van der Waals surface area (Å²) < 4.78 is 6.39. The summed E-state index contributed by atoms with van der Waals surface area (Å²) in [5, 5.41) is 11.7. The van der Waals surface area contributed by atoms with Gasteiger partial charge in [-0.2, -0.15) is 0 Å². The van der Waals surface area contributed by atoms with Gasteiger partial charge in [-0.25, -0.2) is 4.79 Å². The number of halogens is 1. The summed E-state index contributed by atoms with van der Waals surface area (Å²) in [6.07, 6.45) is 0. The zero-order chi connectivity index (χ0) is 17.9. The Morgan fingerprint density at radius 1 is 1.12 bits per heavy atom. The molecule has 0 spiro atoms. The molecule has 0 aliphatic heterocycles. The smallest absolute Gasteiger partial charge is 0.335 e. The molecule has 0 fully saturated rings. The van der Waals surface area contributed by atoms with Crippen LogP contribution < -0.4 is 10.1 Å². The molecule has 0 saturated heterocycles. The van der Waals surface area contributed by atoms with E-state index in [0.29, 0.717) is 11.4 Å². The predicted octanol–water partition coefficient (Wildman–Crippen LogP) is 4.09. The molecule has 0 bridgehead atoms. The van der Waals surface area contributed by atoms with Gasteiger partial charge in [0, 0.05) is 5.69 Å². The first-order valence-electron chi connectivity index (χ1n) is 7.31. The standard InChI is InChI=1S/C18H18BrNO4/c1-10-6-12(3)17(14(19)7-10)24-9-16(21)20-15-8-13(18(22)23)5-4-11(15)2/h4-8H,9H2,1-3H3,(H,20,21)(H,22,23). The normalized spacial score (nSPS) is 10.3. The highest BCUT2D eigenvalue weighted by molar-refractivity contribution is 9.10. The highest BCUT2D eigenvalue weighted by Crippen LogP contribution is 2.30. The van der Waals surface area contributed by atoms with E-state index >= 15 is 0 Å². The Kier molecular flexibility index (Phi) is 5.62. The molecule has 2 aromatic carbocycles. The fourth-order valence-corrected chi connectivity index (χ4v) is 3.09. The summed E-state index contributed by atoms with van der Waals surface area (Å²) in [7, 11) is 0. The van der Waals surface area contributed by atoms with Gasteiger partial charge in [-0.05, 0) is 71.6 Å². The van der Waals surface area contributed by atoms with Crippen molar-refractivity contribution in [3.05, 3.63) is 57.1 Å². The van der Waals surface area contributed by atoms with Crippen LogP contribution in [0.15, 0.2) is 34.8 Å². The minimum absolute atomic E-state index is 0.119. The number of anilines is 1. The summed E-state index contributed by atoms with van der Waals surface area (Å²) in [6.45, 7) is 5.51. The third kappa shape index (κ3) is 4.35. The van der Waals surface area contributed by atoms with E-state index in [2.05, 4.69) is 21.2 Å². The van der Waals surface area contributed by atoms with E-state index in [-0.39, 0.29) is 18.1 Å². The van der Waals surface area contributed by atoms with Gasteiger partial charge in [0.2, 0.25) is 0 Å². The highest BCUT2D eigenvalue weighted by atomic mass is 79.9. The SMILES string of the molecule is Cc1cc(C)c(OCC(=O)Nc2cc(C(=O)O)ccc2C)c(Br)c1. The van der Waals surface area contributed by atoms with Gasteiger partial charge >= 0.3 is 5.97 Å². The highest BCUT2D eigenvalue weighted by Gasteiger charge is 2.12. The second kappa shape index (κ2) is 7.49. The number of carbonyl (C=O) groups excluding carboxylic acids is 1. The fraction of sp³-hybridized carbons (Fsp3) is 0.222. The maximum absolute atomic E-state index is 12.1. The average molecular weight is 392 g/mol. The first-order chi connectivity index (χ1) is 11.3. The molecule has 0 aliphatic carbocycles. The third-order valence-electron chi connectivity index (χ3n) is 3.48. The van der Waals surface area contributed by atoms with Crippen LogP contribution in [0.1, 0.15) is 27.0 Å². The van der Waals surface area contributed by atoms with Crippen molar-refractivity contribution < 1.29 is 19.4 Å². The van der Waals surface area contributed by atoms with Crippen LogP contribution in [0.5, 0.6) is 5.75 Å². The van der Waals surface area contributed by atoms with E-state index in [1.165, 1.54) is 12.1 Å². The zero-order valence-electron chi connectivity index (χ0n) is 13.6. The first kappa shape index (κ1) is 18.0. The van der Waals surface area contributed by atoms with Crippen molar-refractivity contribution in [2.75, 3.05) is 11.9 Å². The molecule has 0 saturated carbocycles. The second-order valence-corrected chi connectivity index (χ2v) is 6.42. The fourth-order valence-electron chi connectivity index (χ4n) is 2.30.